The lowest BCUT2D eigenvalue weighted by atomic mass is 10.1. The molecule has 10 heteroatoms. The van der Waals surface area contributed by atoms with Crippen molar-refractivity contribution in [1.82, 2.24) is 25.0 Å². The third-order valence-electron chi connectivity index (χ3n) is 4.62. The standard InChI is InChI=1S/C20H22F3N5O2/c21-20(22,23)16-8-3-6-15(14-16)7-4-10-24-18(29)25-11-5-13-28-19(30)27-12-2-1-9-17(27)26-28/h3,6,8,14H,1-2,5,9-13H2,(H2,24,25,29). The van der Waals surface area contributed by atoms with E-state index >= 15 is 0 Å². The van der Waals surface area contributed by atoms with E-state index in [9.17, 15) is 22.8 Å². The van der Waals surface area contributed by atoms with Gasteiger partial charge in [0.1, 0.15) is 5.82 Å². The van der Waals surface area contributed by atoms with Crippen molar-refractivity contribution >= 4 is 6.03 Å². The zero-order valence-electron chi connectivity index (χ0n) is 16.3. The van der Waals surface area contributed by atoms with E-state index in [0.29, 0.717) is 26.1 Å². The summed E-state index contributed by atoms with van der Waals surface area (Å²) in [6, 6.07) is 4.25. The highest BCUT2D eigenvalue weighted by Crippen LogP contribution is 2.29. The zero-order valence-corrected chi connectivity index (χ0v) is 16.3. The molecule has 0 unspecified atom stereocenters. The number of aromatic nitrogens is 3. The molecular formula is C20H22F3N5O2. The van der Waals surface area contributed by atoms with E-state index in [1.807, 2.05) is 0 Å². The SMILES string of the molecule is O=C(NCC#Cc1cccc(C(F)(F)F)c1)NCCCn1nc2n(c1=O)CCCC2. The third kappa shape index (κ3) is 5.65. The molecule has 0 fully saturated rings. The summed E-state index contributed by atoms with van der Waals surface area (Å²) in [5.74, 6) is 6.02. The summed E-state index contributed by atoms with van der Waals surface area (Å²) in [4.78, 5) is 23.9. The molecule has 1 aliphatic heterocycles. The number of alkyl halides is 3. The number of halogens is 3. The van der Waals surface area contributed by atoms with Crippen molar-refractivity contribution in [1.29, 1.82) is 0 Å². The molecule has 1 aromatic heterocycles. The van der Waals surface area contributed by atoms with Crippen LogP contribution in [0.25, 0.3) is 0 Å². The van der Waals surface area contributed by atoms with Crippen LogP contribution in [0.5, 0.6) is 0 Å². The molecule has 1 aromatic carbocycles. The van der Waals surface area contributed by atoms with Crippen molar-refractivity contribution in [2.75, 3.05) is 13.1 Å². The lowest BCUT2D eigenvalue weighted by Crippen LogP contribution is -2.36. The molecule has 0 saturated heterocycles. The zero-order chi connectivity index (χ0) is 21.6. The van der Waals surface area contributed by atoms with Gasteiger partial charge in [0.05, 0.1) is 12.1 Å². The normalized spacial score (nSPS) is 13.2. The van der Waals surface area contributed by atoms with Crippen molar-refractivity contribution in [3.8, 4) is 11.8 Å². The molecule has 30 heavy (non-hydrogen) atoms. The van der Waals surface area contributed by atoms with E-state index in [4.69, 9.17) is 0 Å². The number of aryl methyl sites for hydroxylation is 2. The molecule has 0 saturated carbocycles. The van der Waals surface area contributed by atoms with Crippen LogP contribution in [0.1, 0.15) is 36.2 Å². The van der Waals surface area contributed by atoms with E-state index < -0.39 is 17.8 Å². The van der Waals surface area contributed by atoms with Crippen LogP contribution in [0.4, 0.5) is 18.0 Å². The van der Waals surface area contributed by atoms with Crippen molar-refractivity contribution in [3.05, 3.63) is 51.7 Å². The Morgan fingerprint density at radius 2 is 2.07 bits per heavy atom. The Morgan fingerprint density at radius 1 is 1.23 bits per heavy atom. The smallest absolute Gasteiger partial charge is 0.338 e. The van der Waals surface area contributed by atoms with Crippen LogP contribution in [0, 0.1) is 11.8 Å². The highest BCUT2D eigenvalue weighted by molar-refractivity contribution is 5.74. The second-order valence-electron chi connectivity index (χ2n) is 6.87. The summed E-state index contributed by atoms with van der Waals surface area (Å²) in [5, 5.41) is 9.49. The molecule has 0 atom stereocenters. The average molecular weight is 421 g/mol. The first-order valence-electron chi connectivity index (χ1n) is 9.69. The van der Waals surface area contributed by atoms with E-state index in [-0.39, 0.29) is 17.8 Å². The van der Waals surface area contributed by atoms with Gasteiger partial charge in [-0.2, -0.15) is 18.3 Å². The number of hydrogen-bond donors (Lipinski definition) is 2. The summed E-state index contributed by atoms with van der Waals surface area (Å²) in [6.45, 7) is 1.46. The molecular weight excluding hydrogens is 399 g/mol. The number of urea groups is 1. The van der Waals surface area contributed by atoms with Crippen molar-refractivity contribution in [2.24, 2.45) is 0 Å². The minimum absolute atomic E-state index is 0.00466. The first-order chi connectivity index (χ1) is 14.3. The predicted octanol–water partition coefficient (Wildman–Crippen LogP) is 2.14. The van der Waals surface area contributed by atoms with Gasteiger partial charge >= 0.3 is 17.9 Å². The quantitative estimate of drug-likeness (QED) is 0.574. The Hall–Kier alpha value is -3.22. The van der Waals surface area contributed by atoms with Crippen LogP contribution in [-0.4, -0.2) is 33.5 Å². The Labute approximate surface area is 171 Å². The maximum absolute atomic E-state index is 12.7. The fourth-order valence-electron chi connectivity index (χ4n) is 3.13. The summed E-state index contributed by atoms with van der Waals surface area (Å²) < 4.78 is 41.1. The maximum atomic E-state index is 12.7. The summed E-state index contributed by atoms with van der Waals surface area (Å²) in [5.41, 5.74) is -0.656. The number of benzene rings is 1. The van der Waals surface area contributed by atoms with Gasteiger partial charge in [0.15, 0.2) is 0 Å². The van der Waals surface area contributed by atoms with Gasteiger partial charge < -0.3 is 10.6 Å². The average Bonchev–Trinajstić information content (AvgIpc) is 3.04. The maximum Gasteiger partial charge on any atom is 0.416 e. The number of rotatable bonds is 5. The van der Waals surface area contributed by atoms with Gasteiger partial charge in [-0.1, -0.05) is 17.9 Å². The van der Waals surface area contributed by atoms with Gasteiger partial charge in [-0.15, -0.1) is 0 Å². The number of amides is 2. The molecule has 7 nitrogen and oxygen atoms in total. The van der Waals surface area contributed by atoms with E-state index in [0.717, 1.165) is 37.2 Å². The number of hydrogen-bond acceptors (Lipinski definition) is 3. The van der Waals surface area contributed by atoms with Crippen LogP contribution < -0.4 is 16.3 Å². The second-order valence-corrected chi connectivity index (χ2v) is 6.87. The van der Waals surface area contributed by atoms with Gasteiger partial charge in [-0.25, -0.2) is 14.3 Å². The van der Waals surface area contributed by atoms with Crippen molar-refractivity contribution in [3.63, 3.8) is 0 Å². The molecule has 0 radical (unpaired) electrons. The Kier molecular flexibility index (Phi) is 6.82. The monoisotopic (exact) mass is 421 g/mol. The van der Waals surface area contributed by atoms with Gasteiger partial charge in [0, 0.05) is 31.6 Å². The number of nitrogens with zero attached hydrogens (tertiary/aromatic N) is 3. The van der Waals surface area contributed by atoms with Gasteiger partial charge in [-0.05, 0) is 37.5 Å². The van der Waals surface area contributed by atoms with Crippen LogP contribution >= 0.6 is 0 Å². The minimum atomic E-state index is -4.42. The fraction of sp³-hybridized carbons (Fsp3) is 0.450. The molecule has 2 amide bonds. The molecule has 2 aromatic rings. The Balaban J connectivity index is 1.38. The van der Waals surface area contributed by atoms with Crippen LogP contribution in [0.15, 0.2) is 29.1 Å². The summed E-state index contributed by atoms with van der Waals surface area (Å²) >= 11 is 0. The number of nitrogens with one attached hydrogen (secondary N) is 2. The molecule has 0 bridgehead atoms. The Morgan fingerprint density at radius 3 is 2.83 bits per heavy atom. The molecule has 3 rings (SSSR count). The summed E-state index contributed by atoms with van der Waals surface area (Å²) in [7, 11) is 0. The largest absolute Gasteiger partial charge is 0.416 e. The molecule has 0 aliphatic carbocycles. The van der Waals surface area contributed by atoms with E-state index in [1.165, 1.54) is 16.8 Å². The first-order valence-corrected chi connectivity index (χ1v) is 9.69. The highest BCUT2D eigenvalue weighted by Gasteiger charge is 2.30. The lowest BCUT2D eigenvalue weighted by molar-refractivity contribution is -0.137. The third-order valence-corrected chi connectivity index (χ3v) is 4.62. The Bertz CT molecular complexity index is 1010. The van der Waals surface area contributed by atoms with Crippen LogP contribution in [-0.2, 0) is 25.7 Å². The van der Waals surface area contributed by atoms with Crippen LogP contribution in [0.2, 0.25) is 0 Å². The number of fused-ring (bicyclic) bond motifs is 1. The molecule has 2 N–H and O–H groups in total. The van der Waals surface area contributed by atoms with Gasteiger partial charge in [-0.3, -0.25) is 4.57 Å². The second kappa shape index (κ2) is 9.52. The minimum Gasteiger partial charge on any atom is -0.338 e. The van der Waals surface area contributed by atoms with E-state index in [1.54, 1.807) is 4.57 Å². The van der Waals surface area contributed by atoms with E-state index in [2.05, 4.69) is 27.6 Å². The fourth-order valence-corrected chi connectivity index (χ4v) is 3.13. The summed E-state index contributed by atoms with van der Waals surface area (Å²) in [6.07, 6.45) is -1.05. The predicted molar refractivity (Wildman–Crippen MR) is 104 cm³/mol. The first kappa shape index (κ1) is 21.5. The topological polar surface area (TPSA) is 81.0 Å². The van der Waals surface area contributed by atoms with Gasteiger partial charge in [0.25, 0.3) is 0 Å². The highest BCUT2D eigenvalue weighted by atomic mass is 19.4. The molecule has 1 aliphatic rings. The molecule has 2 heterocycles. The van der Waals surface area contributed by atoms with Gasteiger partial charge in [0.2, 0.25) is 0 Å². The van der Waals surface area contributed by atoms with Crippen LogP contribution in [0.3, 0.4) is 0 Å². The number of carbonyl (C=O) groups is 1. The molecule has 0 spiro atoms. The number of carbonyl (C=O) groups excluding carboxylic acids is 1. The molecule has 160 valence electrons. The lowest BCUT2D eigenvalue weighted by Gasteiger charge is -2.09. The van der Waals surface area contributed by atoms with Crippen molar-refractivity contribution in [2.45, 2.75) is 44.9 Å². The van der Waals surface area contributed by atoms with Crippen molar-refractivity contribution < 1.29 is 18.0 Å².